The molecule has 6 nitrogen and oxygen atoms in total. The molecule has 2 fully saturated rings. The summed E-state index contributed by atoms with van der Waals surface area (Å²) in [6.45, 7) is 1.59. The third kappa shape index (κ3) is 1.68. The average molecular weight is 251 g/mol. The average Bonchev–Trinajstić information content (AvgIpc) is 2.92. The van der Waals surface area contributed by atoms with Gasteiger partial charge in [-0.1, -0.05) is 0 Å². The highest BCUT2D eigenvalue weighted by atomic mass is 16.5. The van der Waals surface area contributed by atoms with Gasteiger partial charge in [0.05, 0.1) is 19.5 Å². The first-order valence-corrected chi connectivity index (χ1v) is 6.25. The number of methoxy groups -OCH3 is 1. The third-order valence-corrected chi connectivity index (χ3v) is 4.11. The maximum atomic E-state index is 11.6. The molecule has 1 aliphatic heterocycles. The van der Waals surface area contributed by atoms with Crippen LogP contribution in [0.4, 0.5) is 5.82 Å². The van der Waals surface area contributed by atoms with Crippen LogP contribution in [-0.4, -0.2) is 41.4 Å². The summed E-state index contributed by atoms with van der Waals surface area (Å²) in [5, 5.41) is 9.90. The summed E-state index contributed by atoms with van der Waals surface area (Å²) < 4.78 is 5.13. The van der Waals surface area contributed by atoms with Crippen LogP contribution in [0.25, 0.3) is 0 Å². The first kappa shape index (κ1) is 11.5. The molecule has 2 aliphatic rings. The molecule has 3 unspecified atom stereocenters. The minimum atomic E-state index is -0.264. The van der Waals surface area contributed by atoms with Gasteiger partial charge in [0.2, 0.25) is 5.75 Å². The first-order valence-electron chi connectivity index (χ1n) is 6.25. The van der Waals surface area contributed by atoms with Crippen LogP contribution in [0.1, 0.15) is 12.8 Å². The number of aliphatic hydroxyl groups is 1. The second kappa shape index (κ2) is 4.28. The molecule has 1 aliphatic carbocycles. The summed E-state index contributed by atoms with van der Waals surface area (Å²) in [7, 11) is 1.47. The fourth-order valence-corrected chi connectivity index (χ4v) is 3.20. The summed E-state index contributed by atoms with van der Waals surface area (Å²) in [4.78, 5) is 20.4. The summed E-state index contributed by atoms with van der Waals surface area (Å²) in [6.07, 6.45) is 3.12. The van der Waals surface area contributed by atoms with Crippen LogP contribution in [0.2, 0.25) is 0 Å². The van der Waals surface area contributed by atoms with Crippen LogP contribution in [0.15, 0.2) is 11.1 Å². The van der Waals surface area contributed by atoms with E-state index < -0.39 is 0 Å². The number of aromatic amines is 1. The molecule has 1 aromatic rings. The van der Waals surface area contributed by atoms with Gasteiger partial charge in [0.15, 0.2) is 5.82 Å². The Hall–Kier alpha value is -1.56. The molecule has 1 aromatic heterocycles. The Balaban J connectivity index is 1.89. The van der Waals surface area contributed by atoms with E-state index in [-0.39, 0.29) is 17.4 Å². The summed E-state index contributed by atoms with van der Waals surface area (Å²) in [6, 6.07) is 0. The molecule has 0 radical (unpaired) electrons. The fraction of sp³-hybridized carbons (Fsp3) is 0.667. The summed E-state index contributed by atoms with van der Waals surface area (Å²) in [5.41, 5.74) is -0.264. The number of hydrogen-bond acceptors (Lipinski definition) is 5. The Morgan fingerprint density at radius 3 is 3.06 bits per heavy atom. The van der Waals surface area contributed by atoms with Crippen LogP contribution >= 0.6 is 0 Å². The number of fused-ring (bicyclic) bond motifs is 1. The van der Waals surface area contributed by atoms with Gasteiger partial charge in [-0.25, -0.2) is 4.98 Å². The molecule has 0 spiro atoms. The Morgan fingerprint density at radius 2 is 2.33 bits per heavy atom. The number of anilines is 1. The van der Waals surface area contributed by atoms with Gasteiger partial charge in [-0.05, 0) is 18.8 Å². The zero-order valence-corrected chi connectivity index (χ0v) is 10.3. The van der Waals surface area contributed by atoms with Gasteiger partial charge < -0.3 is 19.7 Å². The van der Waals surface area contributed by atoms with Gasteiger partial charge >= 0.3 is 0 Å². The molecule has 1 saturated heterocycles. The van der Waals surface area contributed by atoms with Crippen LogP contribution in [0.5, 0.6) is 5.75 Å². The van der Waals surface area contributed by atoms with Gasteiger partial charge in [0.25, 0.3) is 5.56 Å². The Kier molecular flexibility index (Phi) is 2.74. The Bertz CT molecular complexity index is 502. The number of ether oxygens (including phenoxy) is 1. The minimum absolute atomic E-state index is 0.215. The van der Waals surface area contributed by atoms with E-state index in [9.17, 15) is 9.90 Å². The van der Waals surface area contributed by atoms with E-state index in [1.165, 1.54) is 13.4 Å². The molecule has 3 rings (SSSR count). The third-order valence-electron chi connectivity index (χ3n) is 4.11. The lowest BCUT2D eigenvalue weighted by atomic mass is 10.00. The molecular formula is C12H17N3O3. The Morgan fingerprint density at radius 1 is 1.50 bits per heavy atom. The van der Waals surface area contributed by atoms with E-state index in [0.717, 1.165) is 25.9 Å². The molecule has 3 atom stereocenters. The zero-order chi connectivity index (χ0) is 12.7. The van der Waals surface area contributed by atoms with Crippen molar-refractivity contribution >= 4 is 5.82 Å². The molecule has 2 N–H and O–H groups in total. The quantitative estimate of drug-likeness (QED) is 0.772. The lowest BCUT2D eigenvalue weighted by Crippen LogP contribution is -2.27. The number of aliphatic hydroxyl groups excluding tert-OH is 1. The maximum absolute atomic E-state index is 11.6. The van der Waals surface area contributed by atoms with Crippen molar-refractivity contribution in [2.24, 2.45) is 11.8 Å². The molecule has 0 bridgehead atoms. The van der Waals surface area contributed by atoms with Gasteiger partial charge in [-0.3, -0.25) is 4.79 Å². The molecule has 0 amide bonds. The maximum Gasteiger partial charge on any atom is 0.295 e. The standard InChI is InChI=1S/C12H17N3O3/c1-18-10-11(13-6-14-12(10)17)15-4-7-2-3-9(16)8(7)5-15/h6-9,16H,2-5H2,1H3,(H,13,14,17). The predicted octanol–water partition coefficient (Wildman–Crippen LogP) is -0.0144. The number of aromatic nitrogens is 2. The molecule has 98 valence electrons. The van der Waals surface area contributed by atoms with E-state index in [2.05, 4.69) is 9.97 Å². The van der Waals surface area contributed by atoms with Crippen molar-refractivity contribution < 1.29 is 9.84 Å². The number of rotatable bonds is 2. The number of nitrogens with zero attached hydrogens (tertiary/aromatic N) is 2. The molecular weight excluding hydrogens is 234 g/mol. The van der Waals surface area contributed by atoms with E-state index in [1.807, 2.05) is 4.90 Å². The van der Waals surface area contributed by atoms with E-state index in [4.69, 9.17) is 4.74 Å². The second-order valence-electron chi connectivity index (χ2n) is 5.06. The molecule has 2 heterocycles. The van der Waals surface area contributed by atoms with E-state index >= 15 is 0 Å². The number of H-pyrrole nitrogens is 1. The zero-order valence-electron chi connectivity index (χ0n) is 10.3. The SMILES string of the molecule is COc1c(N2CC3CCC(O)C3C2)nc[nH]c1=O. The van der Waals surface area contributed by atoms with Gasteiger partial charge in [0.1, 0.15) is 0 Å². The highest BCUT2D eigenvalue weighted by Gasteiger charge is 2.42. The topological polar surface area (TPSA) is 78.5 Å². The van der Waals surface area contributed by atoms with Crippen molar-refractivity contribution in [3.05, 3.63) is 16.7 Å². The van der Waals surface area contributed by atoms with Crippen LogP contribution in [-0.2, 0) is 0 Å². The van der Waals surface area contributed by atoms with Gasteiger partial charge in [0, 0.05) is 19.0 Å². The normalized spacial score (nSPS) is 30.6. The van der Waals surface area contributed by atoms with Crippen molar-refractivity contribution in [1.29, 1.82) is 0 Å². The van der Waals surface area contributed by atoms with E-state index in [1.54, 1.807) is 0 Å². The van der Waals surface area contributed by atoms with Gasteiger partial charge in [-0.2, -0.15) is 0 Å². The minimum Gasteiger partial charge on any atom is -0.489 e. The molecule has 0 aromatic carbocycles. The fourth-order valence-electron chi connectivity index (χ4n) is 3.20. The van der Waals surface area contributed by atoms with E-state index in [0.29, 0.717) is 17.7 Å². The number of nitrogens with one attached hydrogen (secondary N) is 1. The van der Waals surface area contributed by atoms with Crippen molar-refractivity contribution in [2.75, 3.05) is 25.1 Å². The van der Waals surface area contributed by atoms with Crippen molar-refractivity contribution in [3.8, 4) is 5.75 Å². The summed E-state index contributed by atoms with van der Waals surface area (Å²) in [5.74, 6) is 1.65. The smallest absolute Gasteiger partial charge is 0.295 e. The first-order chi connectivity index (χ1) is 8.70. The lowest BCUT2D eigenvalue weighted by molar-refractivity contribution is 0.133. The lowest BCUT2D eigenvalue weighted by Gasteiger charge is -2.20. The van der Waals surface area contributed by atoms with Crippen molar-refractivity contribution in [2.45, 2.75) is 18.9 Å². The highest BCUT2D eigenvalue weighted by molar-refractivity contribution is 5.51. The van der Waals surface area contributed by atoms with Gasteiger partial charge in [-0.15, -0.1) is 0 Å². The molecule has 6 heteroatoms. The van der Waals surface area contributed by atoms with Crippen LogP contribution in [0, 0.1) is 11.8 Å². The van der Waals surface area contributed by atoms with Crippen LogP contribution in [0.3, 0.4) is 0 Å². The largest absolute Gasteiger partial charge is 0.489 e. The number of hydrogen-bond donors (Lipinski definition) is 2. The molecule has 18 heavy (non-hydrogen) atoms. The van der Waals surface area contributed by atoms with Crippen molar-refractivity contribution in [3.63, 3.8) is 0 Å². The second-order valence-corrected chi connectivity index (χ2v) is 5.06. The Labute approximate surface area is 105 Å². The summed E-state index contributed by atoms with van der Waals surface area (Å²) >= 11 is 0. The monoisotopic (exact) mass is 251 g/mol. The van der Waals surface area contributed by atoms with Crippen molar-refractivity contribution in [1.82, 2.24) is 9.97 Å². The highest BCUT2D eigenvalue weighted by Crippen LogP contribution is 2.40. The predicted molar refractivity (Wildman–Crippen MR) is 65.8 cm³/mol. The van der Waals surface area contributed by atoms with Crippen LogP contribution < -0.4 is 15.2 Å². The molecule has 1 saturated carbocycles.